The predicted molar refractivity (Wildman–Crippen MR) is 114 cm³/mol. The van der Waals surface area contributed by atoms with Crippen LogP contribution in [-0.2, 0) is 19.4 Å². The molecule has 2 aromatic rings. The third-order valence-electron chi connectivity index (χ3n) is 5.16. The number of rotatable bonds is 7. The van der Waals surface area contributed by atoms with Crippen LogP contribution in [0, 0.1) is 0 Å². The molecule has 1 aromatic heterocycles. The minimum atomic E-state index is -0.411. The van der Waals surface area contributed by atoms with E-state index in [1.807, 2.05) is 31.7 Å². The van der Waals surface area contributed by atoms with Gasteiger partial charge in [-0.25, -0.2) is 5.10 Å². The van der Waals surface area contributed by atoms with Crippen molar-refractivity contribution in [1.82, 2.24) is 20.4 Å². The smallest absolute Gasteiger partial charge is 0.277 e. The summed E-state index contributed by atoms with van der Waals surface area (Å²) in [4.78, 5) is 27.5. The van der Waals surface area contributed by atoms with Gasteiger partial charge in [-0.05, 0) is 24.0 Å². The second kappa shape index (κ2) is 9.89. The molecule has 7 heteroatoms. The Morgan fingerprint density at radius 1 is 1.29 bits per heavy atom. The number of hydrogen-bond donors (Lipinski definition) is 2. The average molecular weight is 401 g/mol. The summed E-state index contributed by atoms with van der Waals surface area (Å²) in [6.45, 7) is 6.33. The van der Waals surface area contributed by atoms with Gasteiger partial charge in [0.05, 0.1) is 5.69 Å². The van der Waals surface area contributed by atoms with E-state index in [2.05, 4.69) is 44.7 Å². The highest BCUT2D eigenvalue weighted by atomic mass is 32.2. The van der Waals surface area contributed by atoms with E-state index in [9.17, 15) is 9.59 Å². The highest BCUT2D eigenvalue weighted by Gasteiger charge is 2.25. The minimum absolute atomic E-state index is 0.215. The van der Waals surface area contributed by atoms with Crippen LogP contribution in [0.5, 0.6) is 0 Å². The van der Waals surface area contributed by atoms with Crippen LogP contribution in [0.25, 0.3) is 0 Å². The first kappa shape index (κ1) is 20.6. The van der Waals surface area contributed by atoms with E-state index in [1.165, 1.54) is 5.56 Å². The standard InChI is InChI=1S/C21H28N4O2S/c1-3-17-18(4-2)23-24-21(27)19(17)20(26)22-12-16-14-28-11-10-25(16)13-15-8-6-5-7-9-15/h5-9,16H,3-4,10-14H2,1-2H3,(H,22,26)(H,24,27). The highest BCUT2D eigenvalue weighted by Crippen LogP contribution is 2.19. The fraction of sp³-hybridized carbons (Fsp3) is 0.476. The summed E-state index contributed by atoms with van der Waals surface area (Å²) < 4.78 is 0. The Morgan fingerprint density at radius 2 is 2.07 bits per heavy atom. The second-order valence-corrected chi connectivity index (χ2v) is 8.10. The molecule has 1 saturated heterocycles. The number of nitrogens with one attached hydrogen (secondary N) is 2. The van der Waals surface area contributed by atoms with Crippen LogP contribution in [0.1, 0.15) is 41.0 Å². The number of aromatic nitrogens is 2. The summed E-state index contributed by atoms with van der Waals surface area (Å²) in [6.07, 6.45) is 1.30. The molecule has 6 nitrogen and oxygen atoms in total. The van der Waals surface area contributed by atoms with Crippen molar-refractivity contribution in [2.75, 3.05) is 24.6 Å². The molecule has 1 amide bonds. The second-order valence-electron chi connectivity index (χ2n) is 6.95. The van der Waals surface area contributed by atoms with Gasteiger partial charge in [0.25, 0.3) is 11.5 Å². The quantitative estimate of drug-likeness (QED) is 0.745. The van der Waals surface area contributed by atoms with Crippen molar-refractivity contribution in [1.29, 1.82) is 0 Å². The van der Waals surface area contributed by atoms with Crippen molar-refractivity contribution in [2.45, 2.75) is 39.3 Å². The number of thioether (sulfide) groups is 1. The predicted octanol–water partition coefficient (Wildman–Crippen LogP) is 2.24. The summed E-state index contributed by atoms with van der Waals surface area (Å²) in [6, 6.07) is 10.6. The number of aryl methyl sites for hydroxylation is 1. The van der Waals surface area contributed by atoms with Crippen molar-refractivity contribution in [2.24, 2.45) is 0 Å². The zero-order valence-corrected chi connectivity index (χ0v) is 17.3. The maximum Gasteiger partial charge on any atom is 0.277 e. The van der Waals surface area contributed by atoms with E-state index < -0.39 is 5.56 Å². The fourth-order valence-corrected chi connectivity index (χ4v) is 4.77. The lowest BCUT2D eigenvalue weighted by Gasteiger charge is -2.35. The molecule has 1 aromatic carbocycles. The third kappa shape index (κ3) is 4.83. The van der Waals surface area contributed by atoms with Crippen LogP contribution in [0.2, 0.25) is 0 Å². The van der Waals surface area contributed by atoms with Crippen LogP contribution < -0.4 is 10.9 Å². The first-order valence-electron chi connectivity index (χ1n) is 9.88. The zero-order valence-electron chi connectivity index (χ0n) is 16.5. The number of benzene rings is 1. The number of aromatic amines is 1. The molecule has 1 aliphatic heterocycles. The summed E-state index contributed by atoms with van der Waals surface area (Å²) in [5.74, 6) is 1.77. The minimum Gasteiger partial charge on any atom is -0.350 e. The van der Waals surface area contributed by atoms with Gasteiger partial charge in [0.15, 0.2) is 0 Å². The average Bonchev–Trinajstić information content (AvgIpc) is 2.73. The lowest BCUT2D eigenvalue weighted by atomic mass is 10.0. The van der Waals surface area contributed by atoms with Crippen LogP contribution in [0.3, 0.4) is 0 Å². The molecule has 0 spiro atoms. The topological polar surface area (TPSA) is 78.1 Å². The van der Waals surface area contributed by atoms with Crippen molar-refractivity contribution < 1.29 is 4.79 Å². The molecule has 0 aliphatic carbocycles. The Hall–Kier alpha value is -2.12. The molecule has 0 saturated carbocycles. The van der Waals surface area contributed by atoms with Gasteiger partial charge in [0.2, 0.25) is 0 Å². The van der Waals surface area contributed by atoms with Crippen molar-refractivity contribution in [3.63, 3.8) is 0 Å². The summed E-state index contributed by atoms with van der Waals surface area (Å²) in [5, 5.41) is 9.57. The highest BCUT2D eigenvalue weighted by molar-refractivity contribution is 7.99. The van der Waals surface area contributed by atoms with Crippen LogP contribution >= 0.6 is 11.8 Å². The van der Waals surface area contributed by atoms with E-state index in [-0.39, 0.29) is 17.5 Å². The van der Waals surface area contributed by atoms with Gasteiger partial charge in [-0.3, -0.25) is 14.5 Å². The van der Waals surface area contributed by atoms with Gasteiger partial charge < -0.3 is 5.32 Å². The Bertz CT molecular complexity index is 853. The van der Waals surface area contributed by atoms with Crippen molar-refractivity contribution in [3.8, 4) is 0 Å². The van der Waals surface area contributed by atoms with Gasteiger partial charge in [-0.1, -0.05) is 44.2 Å². The number of H-pyrrole nitrogens is 1. The fourth-order valence-electron chi connectivity index (χ4n) is 3.64. The van der Waals surface area contributed by atoms with Crippen LogP contribution in [0.15, 0.2) is 35.1 Å². The van der Waals surface area contributed by atoms with Crippen LogP contribution in [-0.4, -0.2) is 51.6 Å². The van der Waals surface area contributed by atoms with Gasteiger partial charge >= 0.3 is 0 Å². The Morgan fingerprint density at radius 3 is 2.79 bits per heavy atom. The summed E-state index contributed by atoms with van der Waals surface area (Å²) >= 11 is 1.91. The van der Waals surface area contributed by atoms with Crippen molar-refractivity contribution in [3.05, 3.63) is 63.1 Å². The van der Waals surface area contributed by atoms with E-state index in [4.69, 9.17) is 0 Å². The lowest BCUT2D eigenvalue weighted by Crippen LogP contribution is -2.49. The van der Waals surface area contributed by atoms with Gasteiger partial charge in [0, 0.05) is 37.2 Å². The lowest BCUT2D eigenvalue weighted by molar-refractivity contribution is 0.0932. The zero-order chi connectivity index (χ0) is 19.9. The molecule has 0 bridgehead atoms. The van der Waals surface area contributed by atoms with Crippen molar-refractivity contribution >= 4 is 17.7 Å². The molecule has 1 atom stereocenters. The largest absolute Gasteiger partial charge is 0.350 e. The molecule has 0 radical (unpaired) electrons. The number of carbonyl (C=O) groups is 1. The van der Waals surface area contributed by atoms with Crippen LogP contribution in [0.4, 0.5) is 0 Å². The van der Waals surface area contributed by atoms with Gasteiger partial charge in [-0.15, -0.1) is 0 Å². The van der Waals surface area contributed by atoms with Gasteiger partial charge in [0.1, 0.15) is 5.56 Å². The Balaban J connectivity index is 1.70. The van der Waals surface area contributed by atoms with E-state index in [0.717, 1.165) is 35.9 Å². The normalized spacial score (nSPS) is 17.4. The molecule has 3 rings (SSSR count). The number of amides is 1. The Labute approximate surface area is 170 Å². The van der Waals surface area contributed by atoms with E-state index in [1.54, 1.807) is 0 Å². The third-order valence-corrected chi connectivity index (χ3v) is 6.25. The molecule has 1 unspecified atom stereocenters. The molecule has 2 N–H and O–H groups in total. The number of hydrogen-bond acceptors (Lipinski definition) is 5. The van der Waals surface area contributed by atoms with Gasteiger partial charge in [-0.2, -0.15) is 16.9 Å². The first-order chi connectivity index (χ1) is 13.6. The van der Waals surface area contributed by atoms with E-state index >= 15 is 0 Å². The molecular formula is C21H28N4O2S. The summed E-state index contributed by atoms with van der Waals surface area (Å²) in [5.41, 5.74) is 2.62. The molecule has 1 fully saturated rings. The maximum absolute atomic E-state index is 12.8. The molecule has 2 heterocycles. The SMILES string of the molecule is CCc1n[nH]c(=O)c(C(=O)NCC2CSCCN2Cc2ccccc2)c1CC. The first-order valence-corrected chi connectivity index (χ1v) is 11.0. The summed E-state index contributed by atoms with van der Waals surface area (Å²) in [7, 11) is 0. The number of carbonyl (C=O) groups excluding carboxylic acids is 1. The monoisotopic (exact) mass is 400 g/mol. The number of nitrogens with zero attached hydrogens (tertiary/aromatic N) is 2. The molecular weight excluding hydrogens is 372 g/mol. The molecule has 150 valence electrons. The Kier molecular flexibility index (Phi) is 7.28. The van der Waals surface area contributed by atoms with E-state index in [0.29, 0.717) is 19.4 Å². The maximum atomic E-state index is 12.8. The molecule has 28 heavy (non-hydrogen) atoms. The molecule has 1 aliphatic rings.